The van der Waals surface area contributed by atoms with Crippen molar-refractivity contribution in [1.82, 2.24) is 5.32 Å². The SMILES string of the molecule is CC(C)OCc1cccc(CNC(=O)c2ccc3c(c2)OCO3)c1. The first-order chi connectivity index (χ1) is 11.6. The van der Waals surface area contributed by atoms with Gasteiger partial charge in [0.05, 0.1) is 12.7 Å². The lowest BCUT2D eigenvalue weighted by atomic mass is 10.1. The second kappa shape index (κ2) is 7.36. The maximum atomic E-state index is 12.3. The van der Waals surface area contributed by atoms with Crippen LogP contribution in [0.4, 0.5) is 0 Å². The van der Waals surface area contributed by atoms with Crippen LogP contribution < -0.4 is 14.8 Å². The zero-order chi connectivity index (χ0) is 16.9. The third-order valence-corrected chi connectivity index (χ3v) is 3.66. The fraction of sp³-hybridized carbons (Fsp3) is 0.316. The normalized spacial score (nSPS) is 12.5. The molecule has 1 amide bonds. The highest BCUT2D eigenvalue weighted by Gasteiger charge is 2.16. The van der Waals surface area contributed by atoms with Crippen molar-refractivity contribution in [2.45, 2.75) is 33.1 Å². The van der Waals surface area contributed by atoms with Crippen LogP contribution in [0.2, 0.25) is 0 Å². The number of ether oxygens (including phenoxy) is 3. The van der Waals surface area contributed by atoms with E-state index in [0.29, 0.717) is 30.2 Å². The van der Waals surface area contributed by atoms with E-state index in [4.69, 9.17) is 14.2 Å². The molecule has 24 heavy (non-hydrogen) atoms. The number of benzene rings is 2. The van der Waals surface area contributed by atoms with E-state index in [1.807, 2.05) is 38.1 Å². The van der Waals surface area contributed by atoms with Crippen LogP contribution in [0.1, 0.15) is 35.3 Å². The summed E-state index contributed by atoms with van der Waals surface area (Å²) in [5, 5.41) is 2.92. The number of amides is 1. The number of carbonyl (C=O) groups is 1. The van der Waals surface area contributed by atoms with Gasteiger partial charge in [0.25, 0.3) is 5.91 Å². The molecule has 0 aliphatic carbocycles. The molecule has 1 heterocycles. The molecule has 0 aromatic heterocycles. The second-order valence-electron chi connectivity index (χ2n) is 5.93. The highest BCUT2D eigenvalue weighted by molar-refractivity contribution is 5.94. The number of hydrogen-bond acceptors (Lipinski definition) is 4. The van der Waals surface area contributed by atoms with Gasteiger partial charge in [0.2, 0.25) is 6.79 Å². The number of fused-ring (bicyclic) bond motifs is 1. The van der Waals surface area contributed by atoms with Gasteiger partial charge < -0.3 is 19.5 Å². The van der Waals surface area contributed by atoms with Crippen LogP contribution in [-0.2, 0) is 17.9 Å². The van der Waals surface area contributed by atoms with Crippen molar-refractivity contribution < 1.29 is 19.0 Å². The lowest BCUT2D eigenvalue weighted by molar-refractivity contribution is 0.0657. The molecule has 1 N–H and O–H groups in total. The first-order valence-electron chi connectivity index (χ1n) is 7.99. The summed E-state index contributed by atoms with van der Waals surface area (Å²) >= 11 is 0. The highest BCUT2D eigenvalue weighted by Crippen LogP contribution is 2.32. The van der Waals surface area contributed by atoms with Gasteiger partial charge in [-0.25, -0.2) is 0 Å². The quantitative estimate of drug-likeness (QED) is 0.885. The third-order valence-electron chi connectivity index (χ3n) is 3.66. The Morgan fingerprint density at radius 3 is 2.75 bits per heavy atom. The lowest BCUT2D eigenvalue weighted by Gasteiger charge is -2.10. The minimum absolute atomic E-state index is 0.142. The Bertz CT molecular complexity index is 727. The first kappa shape index (κ1) is 16.3. The maximum absolute atomic E-state index is 12.3. The molecule has 0 atom stereocenters. The van der Waals surface area contributed by atoms with Gasteiger partial charge in [-0.3, -0.25) is 4.79 Å². The summed E-state index contributed by atoms with van der Waals surface area (Å²) < 4.78 is 16.2. The molecule has 2 aromatic carbocycles. The zero-order valence-electron chi connectivity index (χ0n) is 13.9. The molecule has 0 radical (unpaired) electrons. The van der Waals surface area contributed by atoms with E-state index < -0.39 is 0 Å². The van der Waals surface area contributed by atoms with E-state index in [9.17, 15) is 4.79 Å². The molecule has 2 aromatic rings. The van der Waals surface area contributed by atoms with Crippen molar-refractivity contribution in [3.05, 3.63) is 59.2 Å². The van der Waals surface area contributed by atoms with Crippen LogP contribution in [-0.4, -0.2) is 18.8 Å². The molecular formula is C19H21NO4. The van der Waals surface area contributed by atoms with Crippen LogP contribution in [0.5, 0.6) is 11.5 Å². The molecule has 5 heteroatoms. The topological polar surface area (TPSA) is 56.8 Å². The molecule has 1 aliphatic rings. The molecule has 0 saturated heterocycles. The monoisotopic (exact) mass is 327 g/mol. The average Bonchev–Trinajstić information content (AvgIpc) is 3.06. The van der Waals surface area contributed by atoms with E-state index in [0.717, 1.165) is 11.1 Å². The summed E-state index contributed by atoms with van der Waals surface area (Å²) in [6.45, 7) is 5.25. The first-order valence-corrected chi connectivity index (χ1v) is 7.99. The van der Waals surface area contributed by atoms with Crippen LogP contribution in [0.15, 0.2) is 42.5 Å². The molecule has 126 valence electrons. The van der Waals surface area contributed by atoms with Gasteiger partial charge in [0, 0.05) is 12.1 Å². The van der Waals surface area contributed by atoms with Gasteiger partial charge in [-0.1, -0.05) is 24.3 Å². The van der Waals surface area contributed by atoms with Crippen LogP contribution in [0.3, 0.4) is 0 Å². The van der Waals surface area contributed by atoms with E-state index in [-0.39, 0.29) is 18.8 Å². The Hall–Kier alpha value is -2.53. The van der Waals surface area contributed by atoms with Crippen molar-refractivity contribution in [2.24, 2.45) is 0 Å². The Morgan fingerprint density at radius 1 is 1.12 bits per heavy atom. The van der Waals surface area contributed by atoms with E-state index in [1.54, 1.807) is 18.2 Å². The summed E-state index contributed by atoms with van der Waals surface area (Å²) in [5.41, 5.74) is 2.69. The van der Waals surface area contributed by atoms with E-state index in [2.05, 4.69) is 5.32 Å². The minimum Gasteiger partial charge on any atom is -0.454 e. The fourth-order valence-corrected chi connectivity index (χ4v) is 2.41. The molecule has 0 saturated carbocycles. The molecule has 0 spiro atoms. The molecule has 0 fully saturated rings. The Kier molecular flexibility index (Phi) is 5.01. The zero-order valence-corrected chi connectivity index (χ0v) is 13.9. The summed E-state index contributed by atoms with van der Waals surface area (Å²) in [4.78, 5) is 12.3. The number of nitrogens with one attached hydrogen (secondary N) is 1. The van der Waals surface area contributed by atoms with Crippen LogP contribution in [0, 0.1) is 0 Å². The van der Waals surface area contributed by atoms with Crippen LogP contribution in [0.25, 0.3) is 0 Å². The summed E-state index contributed by atoms with van der Waals surface area (Å²) in [5.74, 6) is 1.14. The average molecular weight is 327 g/mol. The highest BCUT2D eigenvalue weighted by atomic mass is 16.7. The van der Waals surface area contributed by atoms with Crippen molar-refractivity contribution >= 4 is 5.91 Å². The standard InChI is InChI=1S/C19H21NO4/c1-13(2)22-11-15-5-3-4-14(8-15)10-20-19(21)16-6-7-17-18(9-16)24-12-23-17/h3-9,13H,10-12H2,1-2H3,(H,20,21). The van der Waals surface area contributed by atoms with Crippen molar-refractivity contribution in [2.75, 3.05) is 6.79 Å². The second-order valence-corrected chi connectivity index (χ2v) is 5.93. The lowest BCUT2D eigenvalue weighted by Crippen LogP contribution is -2.22. The van der Waals surface area contributed by atoms with Crippen LogP contribution >= 0.6 is 0 Å². The van der Waals surface area contributed by atoms with Crippen molar-refractivity contribution in [3.8, 4) is 11.5 Å². The van der Waals surface area contributed by atoms with E-state index >= 15 is 0 Å². The van der Waals surface area contributed by atoms with Crippen molar-refractivity contribution in [3.63, 3.8) is 0 Å². The Morgan fingerprint density at radius 2 is 1.92 bits per heavy atom. The van der Waals surface area contributed by atoms with Gasteiger partial charge in [0.15, 0.2) is 11.5 Å². The summed E-state index contributed by atoms with van der Waals surface area (Å²) in [6, 6.07) is 13.2. The molecule has 0 unspecified atom stereocenters. The van der Waals surface area contributed by atoms with Crippen molar-refractivity contribution in [1.29, 1.82) is 0 Å². The van der Waals surface area contributed by atoms with Gasteiger partial charge in [-0.2, -0.15) is 0 Å². The number of carbonyl (C=O) groups excluding carboxylic acids is 1. The number of rotatable bonds is 6. The summed E-state index contributed by atoms with van der Waals surface area (Å²) in [6.07, 6.45) is 0.194. The predicted molar refractivity (Wildman–Crippen MR) is 90.1 cm³/mol. The van der Waals surface area contributed by atoms with E-state index in [1.165, 1.54) is 0 Å². The van der Waals surface area contributed by atoms with Gasteiger partial charge in [-0.05, 0) is 43.2 Å². The molecular weight excluding hydrogens is 306 g/mol. The summed E-state index contributed by atoms with van der Waals surface area (Å²) in [7, 11) is 0. The third kappa shape index (κ3) is 4.06. The maximum Gasteiger partial charge on any atom is 0.251 e. The molecule has 1 aliphatic heterocycles. The fourth-order valence-electron chi connectivity index (χ4n) is 2.41. The largest absolute Gasteiger partial charge is 0.454 e. The smallest absolute Gasteiger partial charge is 0.251 e. The predicted octanol–water partition coefficient (Wildman–Crippen LogP) is 3.27. The molecule has 5 nitrogen and oxygen atoms in total. The molecule has 3 rings (SSSR count). The van der Waals surface area contributed by atoms with Gasteiger partial charge in [0.1, 0.15) is 0 Å². The molecule has 0 bridgehead atoms. The number of hydrogen-bond donors (Lipinski definition) is 1. The van der Waals surface area contributed by atoms with Gasteiger partial charge >= 0.3 is 0 Å². The minimum atomic E-state index is -0.142. The van der Waals surface area contributed by atoms with Gasteiger partial charge in [-0.15, -0.1) is 0 Å². The Labute approximate surface area is 141 Å². The Balaban J connectivity index is 1.59.